The fourth-order valence-corrected chi connectivity index (χ4v) is 3.33. The van der Waals surface area contributed by atoms with Crippen molar-refractivity contribution in [3.05, 3.63) is 59.0 Å². The molecule has 0 atom stereocenters. The van der Waals surface area contributed by atoms with Crippen molar-refractivity contribution in [3.8, 4) is 0 Å². The Morgan fingerprint density at radius 2 is 1.81 bits per heavy atom. The van der Waals surface area contributed by atoms with E-state index in [2.05, 4.69) is 5.32 Å². The highest BCUT2D eigenvalue weighted by atomic mass is 35.5. The third kappa shape index (κ3) is 5.58. The van der Waals surface area contributed by atoms with E-state index in [1.807, 2.05) is 29.2 Å². The van der Waals surface area contributed by atoms with Gasteiger partial charge in [-0.2, -0.15) is 0 Å². The van der Waals surface area contributed by atoms with Crippen LogP contribution in [0.3, 0.4) is 0 Å². The molecule has 6 nitrogen and oxygen atoms in total. The number of piperazine rings is 1. The Bertz CT molecular complexity index is 756. The van der Waals surface area contributed by atoms with Crippen LogP contribution in [0.15, 0.2) is 47.1 Å². The summed E-state index contributed by atoms with van der Waals surface area (Å²) < 4.78 is 5.15. The van der Waals surface area contributed by atoms with E-state index in [1.54, 1.807) is 17.0 Å². The highest BCUT2D eigenvalue weighted by molar-refractivity contribution is 6.30. The summed E-state index contributed by atoms with van der Waals surface area (Å²) in [4.78, 5) is 28.1. The van der Waals surface area contributed by atoms with Gasteiger partial charge in [0.2, 0.25) is 5.91 Å². The maximum absolute atomic E-state index is 12.3. The molecule has 1 aliphatic heterocycles. The molecule has 144 valence electrons. The Balaban J connectivity index is 1.32. The Kier molecular flexibility index (Phi) is 6.90. The second kappa shape index (κ2) is 9.58. The molecule has 3 rings (SSSR count). The summed E-state index contributed by atoms with van der Waals surface area (Å²) in [6.07, 6.45) is 2.83. The first-order valence-electron chi connectivity index (χ1n) is 9.19. The van der Waals surface area contributed by atoms with Crippen LogP contribution in [0, 0.1) is 0 Å². The van der Waals surface area contributed by atoms with E-state index >= 15 is 0 Å². The monoisotopic (exact) mass is 389 g/mol. The van der Waals surface area contributed by atoms with E-state index in [0.29, 0.717) is 44.9 Å². The number of hydrogen-bond donors (Lipinski definition) is 1. The normalized spacial score (nSPS) is 14.4. The summed E-state index contributed by atoms with van der Waals surface area (Å²) in [7, 11) is 0. The van der Waals surface area contributed by atoms with Crippen LogP contribution in [-0.2, 0) is 11.2 Å². The van der Waals surface area contributed by atoms with Gasteiger partial charge in [-0.1, -0.05) is 23.7 Å². The third-order valence-electron chi connectivity index (χ3n) is 4.65. The average Bonchev–Trinajstić information content (AvgIpc) is 3.22. The summed E-state index contributed by atoms with van der Waals surface area (Å²) in [5.74, 6) is 0.351. The second-order valence-electron chi connectivity index (χ2n) is 6.53. The van der Waals surface area contributed by atoms with Gasteiger partial charge in [0.1, 0.15) is 0 Å². The number of rotatable bonds is 7. The van der Waals surface area contributed by atoms with Crippen molar-refractivity contribution in [1.82, 2.24) is 15.1 Å². The lowest BCUT2D eigenvalue weighted by Gasteiger charge is -2.34. The van der Waals surface area contributed by atoms with Crippen molar-refractivity contribution < 1.29 is 14.0 Å². The molecular formula is C20H24ClN3O3. The van der Waals surface area contributed by atoms with E-state index in [1.165, 1.54) is 11.8 Å². The minimum absolute atomic E-state index is 0.116. The van der Waals surface area contributed by atoms with Crippen LogP contribution in [0.1, 0.15) is 22.5 Å². The molecule has 7 heteroatoms. The zero-order valence-electron chi connectivity index (χ0n) is 15.2. The first kappa shape index (κ1) is 19.5. The van der Waals surface area contributed by atoms with Crippen LogP contribution in [0.2, 0.25) is 5.02 Å². The van der Waals surface area contributed by atoms with Crippen LogP contribution in [-0.4, -0.2) is 60.9 Å². The van der Waals surface area contributed by atoms with Gasteiger partial charge < -0.3 is 19.5 Å². The SMILES string of the molecule is O=C(CCNCCc1cccc(Cl)c1)N1CCN(C(=O)c2ccco2)CC1. The summed E-state index contributed by atoms with van der Waals surface area (Å²) in [6.45, 7) is 3.65. The molecule has 1 saturated heterocycles. The van der Waals surface area contributed by atoms with Gasteiger partial charge in [0, 0.05) is 44.2 Å². The Hall–Kier alpha value is -2.31. The lowest BCUT2D eigenvalue weighted by molar-refractivity contribution is -0.132. The number of carbonyl (C=O) groups is 2. The molecule has 1 N–H and O–H groups in total. The fourth-order valence-electron chi connectivity index (χ4n) is 3.12. The lowest BCUT2D eigenvalue weighted by Crippen LogP contribution is -2.50. The predicted molar refractivity (Wildman–Crippen MR) is 104 cm³/mol. The molecule has 0 saturated carbocycles. The summed E-state index contributed by atoms with van der Waals surface area (Å²) >= 11 is 5.97. The standard InChI is InChI=1S/C20H24ClN3O3/c21-17-4-1-3-16(15-17)6-8-22-9-7-19(25)23-10-12-24(13-11-23)20(26)18-5-2-14-27-18/h1-5,14-15,22H,6-13H2. The fraction of sp³-hybridized carbons (Fsp3) is 0.400. The van der Waals surface area contributed by atoms with Crippen molar-refractivity contribution >= 4 is 23.4 Å². The Morgan fingerprint density at radius 1 is 1.04 bits per heavy atom. The van der Waals surface area contributed by atoms with Gasteiger partial charge in [0.25, 0.3) is 5.91 Å². The number of halogens is 1. The van der Waals surface area contributed by atoms with Gasteiger partial charge >= 0.3 is 0 Å². The van der Waals surface area contributed by atoms with Crippen molar-refractivity contribution in [3.63, 3.8) is 0 Å². The van der Waals surface area contributed by atoms with E-state index in [0.717, 1.165) is 18.0 Å². The molecular weight excluding hydrogens is 366 g/mol. The minimum Gasteiger partial charge on any atom is -0.459 e. The van der Waals surface area contributed by atoms with Gasteiger partial charge in [-0.25, -0.2) is 0 Å². The molecule has 1 aromatic heterocycles. The highest BCUT2D eigenvalue weighted by Gasteiger charge is 2.25. The molecule has 0 radical (unpaired) electrons. The van der Waals surface area contributed by atoms with Crippen LogP contribution < -0.4 is 5.32 Å². The molecule has 2 aromatic rings. The summed E-state index contributed by atoms with van der Waals surface area (Å²) in [5.41, 5.74) is 1.18. The van der Waals surface area contributed by atoms with Crippen LogP contribution in [0.4, 0.5) is 0 Å². The van der Waals surface area contributed by atoms with E-state index in [4.69, 9.17) is 16.0 Å². The number of amides is 2. The maximum atomic E-state index is 12.3. The van der Waals surface area contributed by atoms with Crippen LogP contribution in [0.25, 0.3) is 0 Å². The Morgan fingerprint density at radius 3 is 2.52 bits per heavy atom. The van der Waals surface area contributed by atoms with Crippen molar-refractivity contribution in [2.45, 2.75) is 12.8 Å². The molecule has 1 fully saturated rings. The number of hydrogen-bond acceptors (Lipinski definition) is 4. The van der Waals surface area contributed by atoms with Crippen LogP contribution in [0.5, 0.6) is 0 Å². The van der Waals surface area contributed by atoms with Gasteiger partial charge in [0.05, 0.1) is 6.26 Å². The molecule has 2 amide bonds. The topological polar surface area (TPSA) is 65.8 Å². The predicted octanol–water partition coefficient (Wildman–Crippen LogP) is 2.44. The minimum atomic E-state index is -0.116. The van der Waals surface area contributed by atoms with Gasteiger partial charge in [0.15, 0.2) is 5.76 Å². The number of benzene rings is 1. The molecule has 1 aromatic carbocycles. The number of nitrogens with one attached hydrogen (secondary N) is 1. The third-order valence-corrected chi connectivity index (χ3v) is 4.88. The largest absolute Gasteiger partial charge is 0.459 e. The van der Waals surface area contributed by atoms with Crippen molar-refractivity contribution in [2.75, 3.05) is 39.3 Å². The molecule has 0 spiro atoms. The van der Waals surface area contributed by atoms with Gasteiger partial charge in [-0.3, -0.25) is 9.59 Å². The molecule has 0 bridgehead atoms. The van der Waals surface area contributed by atoms with Crippen LogP contribution >= 0.6 is 11.6 Å². The van der Waals surface area contributed by atoms with Crippen molar-refractivity contribution in [1.29, 1.82) is 0 Å². The zero-order chi connectivity index (χ0) is 19.1. The first-order valence-corrected chi connectivity index (χ1v) is 9.57. The van der Waals surface area contributed by atoms with E-state index < -0.39 is 0 Å². The van der Waals surface area contributed by atoms with Crippen molar-refractivity contribution in [2.24, 2.45) is 0 Å². The zero-order valence-corrected chi connectivity index (χ0v) is 16.0. The molecule has 0 aliphatic carbocycles. The first-order chi connectivity index (χ1) is 13.1. The average molecular weight is 390 g/mol. The molecule has 2 heterocycles. The quantitative estimate of drug-likeness (QED) is 0.739. The van der Waals surface area contributed by atoms with E-state index in [9.17, 15) is 9.59 Å². The highest BCUT2D eigenvalue weighted by Crippen LogP contribution is 2.11. The number of carbonyl (C=O) groups excluding carboxylic acids is 2. The Labute approximate surface area is 164 Å². The second-order valence-corrected chi connectivity index (χ2v) is 6.97. The molecule has 0 unspecified atom stereocenters. The number of furan rings is 1. The molecule has 1 aliphatic rings. The van der Waals surface area contributed by atoms with Gasteiger partial charge in [-0.05, 0) is 42.8 Å². The summed E-state index contributed by atoms with van der Waals surface area (Å²) in [5, 5.41) is 4.04. The van der Waals surface area contributed by atoms with Gasteiger partial charge in [-0.15, -0.1) is 0 Å². The molecule has 27 heavy (non-hydrogen) atoms. The smallest absolute Gasteiger partial charge is 0.289 e. The summed E-state index contributed by atoms with van der Waals surface area (Å²) in [6, 6.07) is 11.2. The lowest BCUT2D eigenvalue weighted by atomic mass is 10.1. The van der Waals surface area contributed by atoms with E-state index in [-0.39, 0.29) is 11.8 Å². The number of nitrogens with zero attached hydrogens (tertiary/aromatic N) is 2. The maximum Gasteiger partial charge on any atom is 0.289 e.